The van der Waals surface area contributed by atoms with E-state index >= 15 is 0 Å². The standard InChI is InChI=1S/C25H34N2O3/c1-17(2)14-26-25(29)21(6)27(15-22-10-8-7-9-19(22)4)24(28)16-30-23-13-18(3)11-12-20(23)5/h7-13,17,21H,14-16H2,1-6H3,(H,26,29). The Balaban J connectivity index is 2.18. The summed E-state index contributed by atoms with van der Waals surface area (Å²) in [5.41, 5.74) is 4.14. The van der Waals surface area contributed by atoms with Gasteiger partial charge in [0.1, 0.15) is 11.8 Å². The predicted octanol–water partition coefficient (Wildman–Crippen LogP) is 4.18. The number of carbonyl (C=O) groups excluding carboxylic acids is 2. The monoisotopic (exact) mass is 410 g/mol. The number of benzene rings is 2. The van der Waals surface area contributed by atoms with Crippen molar-refractivity contribution in [3.05, 3.63) is 64.7 Å². The maximum Gasteiger partial charge on any atom is 0.261 e. The molecule has 2 aromatic carbocycles. The van der Waals surface area contributed by atoms with Gasteiger partial charge in [-0.05, 0) is 61.9 Å². The van der Waals surface area contributed by atoms with E-state index in [9.17, 15) is 9.59 Å². The Morgan fingerprint density at radius 1 is 1.00 bits per heavy atom. The topological polar surface area (TPSA) is 58.6 Å². The largest absolute Gasteiger partial charge is 0.483 e. The molecule has 2 rings (SSSR count). The van der Waals surface area contributed by atoms with Crippen molar-refractivity contribution < 1.29 is 14.3 Å². The third-order valence-electron chi connectivity index (χ3n) is 5.15. The van der Waals surface area contributed by atoms with Crippen LogP contribution in [0.25, 0.3) is 0 Å². The van der Waals surface area contributed by atoms with Crippen molar-refractivity contribution in [2.75, 3.05) is 13.2 Å². The van der Waals surface area contributed by atoms with Gasteiger partial charge in [-0.2, -0.15) is 0 Å². The number of amides is 2. The maximum atomic E-state index is 13.1. The van der Waals surface area contributed by atoms with Gasteiger partial charge in [0.05, 0.1) is 0 Å². The average Bonchev–Trinajstić information content (AvgIpc) is 2.71. The number of nitrogens with one attached hydrogen (secondary N) is 1. The molecule has 162 valence electrons. The van der Waals surface area contributed by atoms with Crippen molar-refractivity contribution in [1.82, 2.24) is 10.2 Å². The first kappa shape index (κ1) is 23.5. The first-order valence-corrected chi connectivity index (χ1v) is 10.5. The number of hydrogen-bond donors (Lipinski definition) is 1. The van der Waals surface area contributed by atoms with Crippen LogP contribution in [0.4, 0.5) is 0 Å². The van der Waals surface area contributed by atoms with Crippen LogP contribution in [-0.4, -0.2) is 35.9 Å². The summed E-state index contributed by atoms with van der Waals surface area (Å²) >= 11 is 0. The normalized spacial score (nSPS) is 11.8. The van der Waals surface area contributed by atoms with E-state index in [1.165, 1.54) is 0 Å². The summed E-state index contributed by atoms with van der Waals surface area (Å²) in [7, 11) is 0. The molecule has 0 saturated heterocycles. The molecular formula is C25H34N2O3. The quantitative estimate of drug-likeness (QED) is 0.675. The Bertz CT molecular complexity index is 876. The highest BCUT2D eigenvalue weighted by Crippen LogP contribution is 2.20. The number of nitrogens with zero attached hydrogens (tertiary/aromatic N) is 1. The van der Waals surface area contributed by atoms with Crippen LogP contribution in [0.15, 0.2) is 42.5 Å². The van der Waals surface area contributed by atoms with Crippen molar-refractivity contribution in [1.29, 1.82) is 0 Å². The molecule has 1 atom stereocenters. The van der Waals surface area contributed by atoms with E-state index in [0.29, 0.717) is 24.8 Å². The average molecular weight is 411 g/mol. The molecule has 0 radical (unpaired) electrons. The van der Waals surface area contributed by atoms with Crippen LogP contribution in [0, 0.1) is 26.7 Å². The molecular weight excluding hydrogens is 376 g/mol. The minimum Gasteiger partial charge on any atom is -0.483 e. The molecule has 2 aromatic rings. The number of carbonyl (C=O) groups is 2. The third-order valence-corrected chi connectivity index (χ3v) is 5.15. The van der Waals surface area contributed by atoms with Gasteiger partial charge >= 0.3 is 0 Å². The molecule has 0 spiro atoms. The molecule has 0 bridgehead atoms. The Kier molecular flexibility index (Phi) is 8.46. The number of ether oxygens (including phenoxy) is 1. The number of hydrogen-bond acceptors (Lipinski definition) is 3. The highest BCUT2D eigenvalue weighted by molar-refractivity contribution is 5.88. The van der Waals surface area contributed by atoms with E-state index in [1.54, 1.807) is 11.8 Å². The van der Waals surface area contributed by atoms with Gasteiger partial charge in [0.25, 0.3) is 5.91 Å². The van der Waals surface area contributed by atoms with E-state index in [-0.39, 0.29) is 18.4 Å². The second kappa shape index (κ2) is 10.8. The molecule has 0 aliphatic carbocycles. The Morgan fingerprint density at radius 2 is 1.70 bits per heavy atom. The molecule has 1 unspecified atom stereocenters. The van der Waals surface area contributed by atoms with Crippen LogP contribution in [0.1, 0.15) is 43.0 Å². The zero-order valence-electron chi connectivity index (χ0n) is 19.0. The number of rotatable bonds is 9. The molecule has 2 amide bonds. The van der Waals surface area contributed by atoms with E-state index < -0.39 is 6.04 Å². The third kappa shape index (κ3) is 6.61. The number of aryl methyl sites for hydroxylation is 3. The molecule has 0 heterocycles. The van der Waals surface area contributed by atoms with E-state index in [0.717, 1.165) is 22.3 Å². The van der Waals surface area contributed by atoms with Gasteiger partial charge in [-0.25, -0.2) is 0 Å². The minimum atomic E-state index is -0.599. The molecule has 0 aliphatic heterocycles. The second-order valence-corrected chi connectivity index (χ2v) is 8.32. The molecule has 0 aliphatic rings. The lowest BCUT2D eigenvalue weighted by atomic mass is 10.1. The summed E-state index contributed by atoms with van der Waals surface area (Å²) in [6.07, 6.45) is 0. The summed E-state index contributed by atoms with van der Waals surface area (Å²) in [6, 6.07) is 13.2. The van der Waals surface area contributed by atoms with Crippen LogP contribution in [0.3, 0.4) is 0 Å². The first-order valence-electron chi connectivity index (χ1n) is 10.5. The van der Waals surface area contributed by atoms with Gasteiger partial charge in [0.15, 0.2) is 6.61 Å². The first-order chi connectivity index (χ1) is 14.2. The molecule has 5 heteroatoms. The van der Waals surface area contributed by atoms with Gasteiger partial charge in [0, 0.05) is 13.1 Å². The van der Waals surface area contributed by atoms with Crippen molar-refractivity contribution in [2.45, 2.75) is 54.1 Å². The lowest BCUT2D eigenvalue weighted by molar-refractivity contribution is -0.142. The maximum absolute atomic E-state index is 13.1. The van der Waals surface area contributed by atoms with Gasteiger partial charge in [-0.15, -0.1) is 0 Å². The fourth-order valence-corrected chi connectivity index (χ4v) is 3.09. The van der Waals surface area contributed by atoms with Crippen LogP contribution < -0.4 is 10.1 Å². The summed E-state index contributed by atoms with van der Waals surface area (Å²) in [5, 5.41) is 2.93. The van der Waals surface area contributed by atoms with Crippen LogP contribution in [-0.2, 0) is 16.1 Å². The fraction of sp³-hybridized carbons (Fsp3) is 0.440. The highest BCUT2D eigenvalue weighted by atomic mass is 16.5. The zero-order valence-corrected chi connectivity index (χ0v) is 19.0. The molecule has 1 N–H and O–H groups in total. The van der Waals surface area contributed by atoms with Crippen LogP contribution in [0.2, 0.25) is 0 Å². The SMILES string of the molecule is Cc1ccc(C)c(OCC(=O)N(Cc2ccccc2C)C(C)C(=O)NCC(C)C)c1. The molecule has 0 saturated carbocycles. The lowest BCUT2D eigenvalue weighted by Crippen LogP contribution is -2.49. The second-order valence-electron chi connectivity index (χ2n) is 8.32. The highest BCUT2D eigenvalue weighted by Gasteiger charge is 2.27. The molecule has 30 heavy (non-hydrogen) atoms. The predicted molar refractivity (Wildman–Crippen MR) is 120 cm³/mol. The van der Waals surface area contributed by atoms with Crippen molar-refractivity contribution >= 4 is 11.8 Å². The van der Waals surface area contributed by atoms with Crippen molar-refractivity contribution in [3.63, 3.8) is 0 Å². The van der Waals surface area contributed by atoms with E-state index in [1.807, 2.05) is 77.1 Å². The molecule has 0 fully saturated rings. The fourth-order valence-electron chi connectivity index (χ4n) is 3.09. The summed E-state index contributed by atoms with van der Waals surface area (Å²) in [4.78, 5) is 27.4. The lowest BCUT2D eigenvalue weighted by Gasteiger charge is -2.29. The van der Waals surface area contributed by atoms with Gasteiger partial charge in [-0.1, -0.05) is 50.2 Å². The summed E-state index contributed by atoms with van der Waals surface area (Å²) < 4.78 is 5.83. The zero-order chi connectivity index (χ0) is 22.3. The van der Waals surface area contributed by atoms with Crippen LogP contribution in [0.5, 0.6) is 5.75 Å². The van der Waals surface area contributed by atoms with Crippen molar-refractivity contribution in [3.8, 4) is 5.75 Å². The summed E-state index contributed by atoms with van der Waals surface area (Å²) in [6.45, 7) is 12.6. The van der Waals surface area contributed by atoms with Crippen LogP contribution >= 0.6 is 0 Å². The smallest absolute Gasteiger partial charge is 0.261 e. The molecule has 0 aromatic heterocycles. The Morgan fingerprint density at radius 3 is 2.37 bits per heavy atom. The summed E-state index contributed by atoms with van der Waals surface area (Å²) in [5.74, 6) is 0.661. The van der Waals surface area contributed by atoms with Crippen molar-refractivity contribution in [2.24, 2.45) is 5.92 Å². The molecule has 5 nitrogen and oxygen atoms in total. The Labute approximate surface area is 180 Å². The van der Waals surface area contributed by atoms with E-state index in [2.05, 4.69) is 5.32 Å². The van der Waals surface area contributed by atoms with E-state index in [4.69, 9.17) is 4.74 Å². The van der Waals surface area contributed by atoms with Gasteiger partial charge in [-0.3, -0.25) is 9.59 Å². The van der Waals surface area contributed by atoms with Gasteiger partial charge < -0.3 is 15.0 Å². The minimum absolute atomic E-state index is 0.113. The van der Waals surface area contributed by atoms with Gasteiger partial charge in [0.2, 0.25) is 5.91 Å². The Hall–Kier alpha value is -2.82.